The first-order valence-corrected chi connectivity index (χ1v) is 7.36. The minimum Gasteiger partial charge on any atom is -0.330 e. The molecular weight excluding hydrogens is 280 g/mol. The average molecular weight is 297 g/mol. The van der Waals surface area contributed by atoms with Crippen LogP contribution in [0.5, 0.6) is 0 Å². The quantitative estimate of drug-likeness (QED) is 0.877. The number of hydrogen-bond donors (Lipinski definition) is 1. The molecule has 0 spiro atoms. The van der Waals surface area contributed by atoms with E-state index in [4.69, 9.17) is 12.2 Å². The third-order valence-electron chi connectivity index (χ3n) is 3.91. The van der Waals surface area contributed by atoms with Crippen molar-refractivity contribution in [3.05, 3.63) is 28.5 Å². The van der Waals surface area contributed by atoms with Crippen LogP contribution in [-0.2, 0) is 6.54 Å². The predicted octanol–water partition coefficient (Wildman–Crippen LogP) is 3.46. The summed E-state index contributed by atoms with van der Waals surface area (Å²) in [5.74, 6) is -1.66. The lowest BCUT2D eigenvalue weighted by Crippen LogP contribution is -2.32. The molecule has 20 heavy (non-hydrogen) atoms. The molecule has 0 bridgehead atoms. The molecule has 1 fully saturated rings. The number of hydrogen-bond acceptors (Lipinski definition) is 2. The number of piperidine rings is 1. The van der Waals surface area contributed by atoms with Gasteiger partial charge < -0.3 is 14.5 Å². The summed E-state index contributed by atoms with van der Waals surface area (Å²) >= 11 is 5.22. The van der Waals surface area contributed by atoms with Crippen molar-refractivity contribution in [3.8, 4) is 0 Å². The Balaban J connectivity index is 1.88. The van der Waals surface area contributed by atoms with Gasteiger partial charge in [0.1, 0.15) is 5.52 Å². The van der Waals surface area contributed by atoms with Gasteiger partial charge in [0.25, 0.3) is 0 Å². The monoisotopic (exact) mass is 297 g/mol. The lowest BCUT2D eigenvalue weighted by molar-refractivity contribution is 0.221. The zero-order chi connectivity index (χ0) is 14.1. The normalized spacial score (nSPS) is 16.9. The van der Waals surface area contributed by atoms with Crippen LogP contribution >= 0.6 is 12.2 Å². The van der Waals surface area contributed by atoms with E-state index >= 15 is 0 Å². The van der Waals surface area contributed by atoms with Gasteiger partial charge >= 0.3 is 0 Å². The van der Waals surface area contributed by atoms with Gasteiger partial charge in [0, 0.05) is 13.1 Å². The van der Waals surface area contributed by atoms with E-state index in [2.05, 4.69) is 9.88 Å². The van der Waals surface area contributed by atoms with E-state index in [0.29, 0.717) is 16.8 Å². The number of nitrogens with zero attached hydrogens (tertiary/aromatic N) is 2. The van der Waals surface area contributed by atoms with Gasteiger partial charge in [-0.2, -0.15) is 0 Å². The molecule has 3 nitrogen and oxygen atoms in total. The molecule has 0 radical (unpaired) electrons. The number of imidazole rings is 1. The maximum Gasteiger partial charge on any atom is 0.184 e. The van der Waals surface area contributed by atoms with Crippen molar-refractivity contribution in [2.24, 2.45) is 0 Å². The third-order valence-corrected chi connectivity index (χ3v) is 4.24. The minimum atomic E-state index is -0.835. The van der Waals surface area contributed by atoms with Crippen LogP contribution in [0, 0.1) is 16.4 Å². The number of halogens is 2. The summed E-state index contributed by atoms with van der Waals surface area (Å²) < 4.78 is 29.5. The van der Waals surface area contributed by atoms with E-state index in [1.807, 2.05) is 0 Å². The molecule has 1 aromatic heterocycles. The van der Waals surface area contributed by atoms with Crippen LogP contribution in [0.4, 0.5) is 8.78 Å². The summed E-state index contributed by atoms with van der Waals surface area (Å²) in [6.45, 7) is 3.55. The van der Waals surface area contributed by atoms with Crippen LogP contribution in [0.3, 0.4) is 0 Å². The first-order valence-electron chi connectivity index (χ1n) is 6.95. The van der Waals surface area contributed by atoms with E-state index in [1.54, 1.807) is 4.57 Å². The number of nitrogens with one attached hydrogen (secondary N) is 1. The molecule has 1 aliphatic heterocycles. The molecule has 0 aliphatic carbocycles. The molecule has 0 unspecified atom stereocenters. The van der Waals surface area contributed by atoms with Gasteiger partial charge in [-0.1, -0.05) is 6.42 Å². The second-order valence-corrected chi connectivity index (χ2v) is 5.63. The summed E-state index contributed by atoms with van der Waals surface area (Å²) in [6.07, 6.45) is 3.70. The van der Waals surface area contributed by atoms with Gasteiger partial charge in [0.2, 0.25) is 0 Å². The van der Waals surface area contributed by atoms with Gasteiger partial charge in [0.15, 0.2) is 16.4 Å². The molecule has 1 aromatic carbocycles. The van der Waals surface area contributed by atoms with Crippen molar-refractivity contribution >= 4 is 23.3 Å². The molecule has 0 atom stereocenters. The van der Waals surface area contributed by atoms with E-state index in [0.717, 1.165) is 25.7 Å². The number of aromatic amines is 1. The first-order chi connectivity index (χ1) is 9.66. The molecular formula is C14H17F2N3S. The summed E-state index contributed by atoms with van der Waals surface area (Å²) in [5, 5.41) is 0. The lowest BCUT2D eigenvalue weighted by Gasteiger charge is -2.26. The zero-order valence-electron chi connectivity index (χ0n) is 11.2. The smallest absolute Gasteiger partial charge is 0.184 e. The number of fused-ring (bicyclic) bond motifs is 1. The van der Waals surface area contributed by atoms with Crippen LogP contribution in [0.25, 0.3) is 11.0 Å². The zero-order valence-corrected chi connectivity index (χ0v) is 12.0. The Labute approximate surface area is 121 Å². The van der Waals surface area contributed by atoms with Crippen LogP contribution in [0.2, 0.25) is 0 Å². The lowest BCUT2D eigenvalue weighted by atomic mass is 10.1. The minimum absolute atomic E-state index is 0.243. The van der Waals surface area contributed by atoms with Crippen LogP contribution in [0.15, 0.2) is 12.1 Å². The predicted molar refractivity (Wildman–Crippen MR) is 77.3 cm³/mol. The number of rotatable bonds is 3. The number of aromatic nitrogens is 2. The largest absolute Gasteiger partial charge is 0.330 e. The summed E-state index contributed by atoms with van der Waals surface area (Å²) in [5.41, 5.74) is 0.791. The Morgan fingerprint density at radius 2 is 1.85 bits per heavy atom. The van der Waals surface area contributed by atoms with Crippen molar-refractivity contribution in [2.45, 2.75) is 25.8 Å². The fourth-order valence-corrected chi connectivity index (χ4v) is 3.12. The Hall–Kier alpha value is -1.27. The van der Waals surface area contributed by atoms with Crippen LogP contribution in [0.1, 0.15) is 19.3 Å². The fourth-order valence-electron chi connectivity index (χ4n) is 2.83. The standard InChI is InChI=1S/C14H17F2N3S/c15-10-4-5-11-13(12(10)16)19(14(20)17-11)9-8-18-6-2-1-3-7-18/h4-5H,1-3,6-9H2,(H,17,20). The van der Waals surface area contributed by atoms with Crippen molar-refractivity contribution in [1.29, 1.82) is 0 Å². The molecule has 0 saturated carbocycles. The average Bonchev–Trinajstić information content (AvgIpc) is 2.78. The molecule has 1 saturated heterocycles. The highest BCUT2D eigenvalue weighted by atomic mass is 32.1. The van der Waals surface area contributed by atoms with E-state index in [1.165, 1.54) is 25.3 Å². The summed E-state index contributed by atoms with van der Waals surface area (Å²) in [6, 6.07) is 2.65. The molecule has 2 aromatic rings. The second-order valence-electron chi connectivity index (χ2n) is 5.24. The fraction of sp³-hybridized carbons (Fsp3) is 0.500. The van der Waals surface area contributed by atoms with Gasteiger partial charge in [0.05, 0.1) is 5.52 Å². The maximum atomic E-state index is 14.0. The highest BCUT2D eigenvalue weighted by Gasteiger charge is 2.15. The maximum absolute atomic E-state index is 14.0. The van der Waals surface area contributed by atoms with Crippen molar-refractivity contribution in [3.63, 3.8) is 0 Å². The Morgan fingerprint density at radius 1 is 1.10 bits per heavy atom. The van der Waals surface area contributed by atoms with Crippen molar-refractivity contribution in [2.75, 3.05) is 19.6 Å². The number of H-pyrrole nitrogens is 1. The summed E-state index contributed by atoms with van der Waals surface area (Å²) in [4.78, 5) is 5.28. The molecule has 0 amide bonds. The third kappa shape index (κ3) is 2.50. The number of benzene rings is 1. The Bertz CT molecular complexity index is 671. The van der Waals surface area contributed by atoms with E-state index < -0.39 is 11.6 Å². The topological polar surface area (TPSA) is 24.0 Å². The summed E-state index contributed by atoms with van der Waals surface area (Å²) in [7, 11) is 0. The number of likely N-dealkylation sites (tertiary alicyclic amines) is 1. The Morgan fingerprint density at radius 3 is 2.60 bits per heavy atom. The highest BCUT2D eigenvalue weighted by Crippen LogP contribution is 2.20. The van der Waals surface area contributed by atoms with Crippen molar-refractivity contribution < 1.29 is 8.78 Å². The molecule has 2 heterocycles. The van der Waals surface area contributed by atoms with Gasteiger partial charge in [-0.15, -0.1) is 0 Å². The molecule has 1 aliphatic rings. The molecule has 6 heteroatoms. The van der Waals surface area contributed by atoms with Crippen molar-refractivity contribution in [1.82, 2.24) is 14.5 Å². The van der Waals surface area contributed by atoms with Gasteiger partial charge in [-0.3, -0.25) is 0 Å². The highest BCUT2D eigenvalue weighted by molar-refractivity contribution is 7.71. The van der Waals surface area contributed by atoms with Gasteiger partial charge in [-0.05, 0) is 50.3 Å². The first kappa shape index (κ1) is 13.7. The van der Waals surface area contributed by atoms with Crippen LogP contribution in [-0.4, -0.2) is 34.1 Å². The molecule has 108 valence electrons. The molecule has 1 N–H and O–H groups in total. The Kier molecular flexibility index (Phi) is 3.85. The van der Waals surface area contributed by atoms with Crippen LogP contribution < -0.4 is 0 Å². The molecule has 3 rings (SSSR count). The van der Waals surface area contributed by atoms with E-state index in [-0.39, 0.29) is 5.52 Å². The van der Waals surface area contributed by atoms with Gasteiger partial charge in [-0.25, -0.2) is 8.78 Å². The van der Waals surface area contributed by atoms with E-state index in [9.17, 15) is 8.78 Å². The SMILES string of the molecule is Fc1ccc2[nH]c(=S)n(CCN3CCCCC3)c2c1F. The second kappa shape index (κ2) is 5.61.